The van der Waals surface area contributed by atoms with E-state index in [2.05, 4.69) is 20.4 Å². The molecule has 17 heteroatoms. The number of amides is 2. The average molecular weight is 701 g/mol. The molecule has 49 heavy (non-hydrogen) atoms. The molecule has 0 aliphatic carbocycles. The highest BCUT2D eigenvalue weighted by molar-refractivity contribution is 6.33. The van der Waals surface area contributed by atoms with Gasteiger partial charge in [0, 0.05) is 32.4 Å². The van der Waals surface area contributed by atoms with Gasteiger partial charge in [0.1, 0.15) is 18.0 Å². The summed E-state index contributed by atoms with van der Waals surface area (Å²) < 4.78 is 47.9. The summed E-state index contributed by atoms with van der Waals surface area (Å²) in [6.45, 7) is 4.46. The fourth-order valence-electron chi connectivity index (χ4n) is 5.91. The topological polar surface area (TPSA) is 147 Å². The molecule has 2 amide bonds. The van der Waals surface area contributed by atoms with Crippen LogP contribution in [0.3, 0.4) is 0 Å². The number of nitrogens with zero attached hydrogens (tertiary/aromatic N) is 7. The van der Waals surface area contributed by atoms with Gasteiger partial charge in [-0.05, 0) is 56.5 Å². The van der Waals surface area contributed by atoms with Gasteiger partial charge >= 0.3 is 6.18 Å². The second-order valence-electron chi connectivity index (χ2n) is 11.6. The second-order valence-corrected chi connectivity index (χ2v) is 12.0. The van der Waals surface area contributed by atoms with E-state index in [9.17, 15) is 32.7 Å². The van der Waals surface area contributed by atoms with E-state index in [0.717, 1.165) is 35.6 Å². The standard InChI is InChI=1S/C32H32ClF3N8O5/c1-3-23-26(41-11-13-42(14-12-41)29(47)20-9-10-37-18(2)27(20)46)30(48)44-31(39-28(40-44)24-6-4-5-15-49-24)43(23)17-25(45)38-22-8-7-19(16-21(22)33)32(34,35)36/h6-10,16,46H,3-5,11-15,17H2,1-2H3,(H,38,45). The molecular formula is C32H32ClF3N8O5. The lowest BCUT2D eigenvalue weighted by molar-refractivity contribution is -0.137. The molecule has 0 atom stereocenters. The molecule has 0 spiro atoms. The lowest BCUT2D eigenvalue weighted by Gasteiger charge is -2.37. The van der Waals surface area contributed by atoms with Crippen molar-refractivity contribution in [3.63, 3.8) is 0 Å². The number of halogens is 4. The van der Waals surface area contributed by atoms with Gasteiger partial charge in [-0.15, -0.1) is 5.10 Å². The molecule has 5 heterocycles. The number of fused-ring (bicyclic) bond motifs is 1. The minimum absolute atomic E-state index is 0.0193. The number of pyridine rings is 1. The van der Waals surface area contributed by atoms with E-state index in [0.29, 0.717) is 30.2 Å². The predicted molar refractivity (Wildman–Crippen MR) is 174 cm³/mol. The molecule has 2 aliphatic rings. The monoisotopic (exact) mass is 700 g/mol. The van der Waals surface area contributed by atoms with Crippen molar-refractivity contribution >= 4 is 46.3 Å². The van der Waals surface area contributed by atoms with Gasteiger partial charge in [-0.2, -0.15) is 22.7 Å². The number of piperazine rings is 1. The summed E-state index contributed by atoms with van der Waals surface area (Å²) in [5, 5.41) is 17.1. The van der Waals surface area contributed by atoms with Gasteiger partial charge in [0.15, 0.2) is 5.76 Å². The number of benzene rings is 1. The molecule has 2 N–H and O–H groups in total. The summed E-state index contributed by atoms with van der Waals surface area (Å²) >= 11 is 6.10. The predicted octanol–water partition coefficient (Wildman–Crippen LogP) is 4.29. The number of rotatable bonds is 7. The van der Waals surface area contributed by atoms with E-state index in [1.165, 1.54) is 12.3 Å². The Hall–Kier alpha value is -5.12. The Morgan fingerprint density at radius 3 is 2.55 bits per heavy atom. The molecule has 2 aliphatic heterocycles. The first-order valence-corrected chi connectivity index (χ1v) is 16.0. The van der Waals surface area contributed by atoms with Crippen molar-refractivity contribution in [2.75, 3.05) is 43.0 Å². The maximum absolute atomic E-state index is 14.1. The molecule has 1 aromatic carbocycles. The van der Waals surface area contributed by atoms with Crippen molar-refractivity contribution in [1.29, 1.82) is 0 Å². The minimum Gasteiger partial charge on any atom is -0.505 e. The van der Waals surface area contributed by atoms with Gasteiger partial charge in [-0.25, -0.2) is 0 Å². The molecule has 1 fully saturated rings. The van der Waals surface area contributed by atoms with Gasteiger partial charge in [0.05, 0.1) is 39.8 Å². The number of hydrogen-bond donors (Lipinski definition) is 2. The smallest absolute Gasteiger partial charge is 0.416 e. The Balaban J connectivity index is 1.35. The van der Waals surface area contributed by atoms with E-state index < -0.39 is 23.2 Å². The highest BCUT2D eigenvalue weighted by Gasteiger charge is 2.32. The largest absolute Gasteiger partial charge is 0.505 e. The number of aryl methyl sites for hydroxylation is 1. The normalized spacial score (nSPS) is 15.3. The summed E-state index contributed by atoms with van der Waals surface area (Å²) in [5.41, 5.74) is -0.267. The van der Waals surface area contributed by atoms with Crippen LogP contribution in [-0.2, 0) is 28.7 Å². The fourth-order valence-corrected chi connectivity index (χ4v) is 6.14. The van der Waals surface area contributed by atoms with Crippen molar-refractivity contribution in [3.8, 4) is 5.75 Å². The third kappa shape index (κ3) is 6.64. The van der Waals surface area contributed by atoms with Crippen LogP contribution in [0.2, 0.25) is 5.02 Å². The summed E-state index contributed by atoms with van der Waals surface area (Å²) in [4.78, 5) is 52.8. The number of hydrogen-bond acceptors (Lipinski definition) is 9. The quantitative estimate of drug-likeness (QED) is 0.288. The number of alkyl halides is 3. The number of ether oxygens (including phenoxy) is 1. The van der Waals surface area contributed by atoms with E-state index >= 15 is 0 Å². The van der Waals surface area contributed by atoms with Crippen LogP contribution in [0.25, 0.3) is 11.5 Å². The summed E-state index contributed by atoms with van der Waals surface area (Å²) in [5.74, 6) is -0.546. The van der Waals surface area contributed by atoms with Crippen LogP contribution in [0.5, 0.6) is 5.75 Å². The summed E-state index contributed by atoms with van der Waals surface area (Å²) in [7, 11) is 0. The summed E-state index contributed by atoms with van der Waals surface area (Å²) in [6.07, 6.45) is 0.506. The zero-order chi connectivity index (χ0) is 35.0. The van der Waals surface area contributed by atoms with Gasteiger partial charge in [0.2, 0.25) is 17.5 Å². The highest BCUT2D eigenvalue weighted by atomic mass is 35.5. The van der Waals surface area contributed by atoms with Crippen LogP contribution in [0.15, 0.2) is 41.3 Å². The van der Waals surface area contributed by atoms with Crippen LogP contribution in [0, 0.1) is 6.92 Å². The van der Waals surface area contributed by atoms with Crippen molar-refractivity contribution in [2.24, 2.45) is 0 Å². The number of nitrogens with one attached hydrogen (secondary N) is 1. The van der Waals surface area contributed by atoms with Crippen LogP contribution in [0.1, 0.15) is 52.9 Å². The molecule has 13 nitrogen and oxygen atoms in total. The summed E-state index contributed by atoms with van der Waals surface area (Å²) in [6, 6.07) is 4.08. The first kappa shape index (κ1) is 33.8. The first-order valence-electron chi connectivity index (χ1n) is 15.6. The lowest BCUT2D eigenvalue weighted by atomic mass is 10.1. The van der Waals surface area contributed by atoms with Crippen molar-refractivity contribution < 1.29 is 32.6 Å². The van der Waals surface area contributed by atoms with Crippen LogP contribution < -0.4 is 15.8 Å². The van der Waals surface area contributed by atoms with Crippen molar-refractivity contribution in [3.05, 3.63) is 80.3 Å². The van der Waals surface area contributed by atoms with Crippen molar-refractivity contribution in [1.82, 2.24) is 29.0 Å². The van der Waals surface area contributed by atoms with E-state index in [1.54, 1.807) is 16.4 Å². The first-order chi connectivity index (χ1) is 23.4. The Labute approximate surface area is 282 Å². The molecule has 1 saturated heterocycles. The Kier molecular flexibility index (Phi) is 9.24. The number of carbonyl (C=O) groups is 2. The third-order valence-corrected chi connectivity index (χ3v) is 8.72. The lowest BCUT2D eigenvalue weighted by Crippen LogP contribution is -2.51. The maximum Gasteiger partial charge on any atom is 0.416 e. The number of anilines is 2. The van der Waals surface area contributed by atoms with Crippen LogP contribution in [-0.4, -0.2) is 78.8 Å². The van der Waals surface area contributed by atoms with Crippen LogP contribution >= 0.6 is 11.6 Å². The molecule has 3 aromatic heterocycles. The number of carbonyl (C=O) groups excluding carboxylic acids is 2. The SMILES string of the molecule is CCc1c(N2CCN(C(=O)c3ccnc(C)c3O)CC2)c(=O)n2nc(C3=CCCCO3)nc2n1CC(=O)Nc1ccc(C(F)(F)F)cc1Cl. The fraction of sp³-hybridized carbons (Fsp3) is 0.375. The van der Waals surface area contributed by atoms with Crippen LogP contribution in [0.4, 0.5) is 24.5 Å². The molecule has 258 valence electrons. The third-order valence-electron chi connectivity index (χ3n) is 8.41. The number of aromatic hydroxyl groups is 1. The molecular weight excluding hydrogens is 669 g/mol. The average Bonchev–Trinajstić information content (AvgIpc) is 3.54. The zero-order valence-corrected chi connectivity index (χ0v) is 27.3. The van der Waals surface area contributed by atoms with E-state index in [1.807, 2.05) is 17.9 Å². The second kappa shape index (κ2) is 13.4. The number of aromatic nitrogens is 5. The Morgan fingerprint density at radius 1 is 1.14 bits per heavy atom. The van der Waals surface area contributed by atoms with Gasteiger partial charge < -0.3 is 29.5 Å². The maximum atomic E-state index is 14.1. The van der Waals surface area contributed by atoms with E-state index in [4.69, 9.17) is 16.3 Å². The molecule has 4 aromatic rings. The minimum atomic E-state index is -4.61. The Bertz CT molecular complexity index is 2040. The molecule has 0 bridgehead atoms. The van der Waals surface area contributed by atoms with Crippen molar-refractivity contribution in [2.45, 2.75) is 45.8 Å². The van der Waals surface area contributed by atoms with Gasteiger partial charge in [0.25, 0.3) is 11.5 Å². The molecule has 0 unspecified atom stereocenters. The molecule has 0 saturated carbocycles. The van der Waals surface area contributed by atoms with Gasteiger partial charge in [-0.3, -0.25) is 19.4 Å². The number of allylic oxidation sites excluding steroid dienone is 1. The van der Waals surface area contributed by atoms with E-state index in [-0.39, 0.29) is 77.9 Å². The zero-order valence-electron chi connectivity index (χ0n) is 26.6. The molecule has 6 rings (SSSR count). The van der Waals surface area contributed by atoms with Gasteiger partial charge in [-0.1, -0.05) is 18.5 Å². The molecule has 0 radical (unpaired) electrons. The Morgan fingerprint density at radius 2 is 1.90 bits per heavy atom. The highest BCUT2D eigenvalue weighted by Crippen LogP contribution is 2.34.